The predicted octanol–water partition coefficient (Wildman–Crippen LogP) is 3.86. The lowest BCUT2D eigenvalue weighted by Gasteiger charge is -2.29. The average Bonchev–Trinajstić information content (AvgIpc) is 3.19. The molecular weight excluding hydrogens is 352 g/mol. The van der Waals surface area contributed by atoms with Crippen molar-refractivity contribution in [1.29, 1.82) is 0 Å². The minimum atomic E-state index is 0.0179. The summed E-state index contributed by atoms with van der Waals surface area (Å²) in [5.74, 6) is 1.62. The number of anilines is 1. The Balaban J connectivity index is 1.31. The van der Waals surface area contributed by atoms with Crippen LogP contribution >= 0.6 is 0 Å². The molecule has 1 saturated heterocycles. The largest absolute Gasteiger partial charge is 0.339 e. The van der Waals surface area contributed by atoms with Gasteiger partial charge in [-0.25, -0.2) is 0 Å². The van der Waals surface area contributed by atoms with Crippen molar-refractivity contribution >= 4 is 11.6 Å². The molecular formula is C22H24N4O2. The van der Waals surface area contributed by atoms with Crippen molar-refractivity contribution in [3.05, 3.63) is 66.1 Å². The maximum atomic E-state index is 12.2. The maximum Gasteiger partial charge on any atom is 0.238 e. The highest BCUT2D eigenvalue weighted by molar-refractivity contribution is 5.92. The third-order valence-electron chi connectivity index (χ3n) is 5.19. The summed E-state index contributed by atoms with van der Waals surface area (Å²) in [7, 11) is 0. The number of benzene rings is 2. The van der Waals surface area contributed by atoms with Crippen LogP contribution in [0, 0.1) is 6.92 Å². The van der Waals surface area contributed by atoms with Crippen LogP contribution in [0.4, 0.5) is 5.69 Å². The molecule has 6 heteroatoms. The molecule has 0 saturated carbocycles. The second-order valence-electron chi connectivity index (χ2n) is 7.24. The lowest BCUT2D eigenvalue weighted by atomic mass is 9.96. The molecule has 1 N–H and O–H groups in total. The van der Waals surface area contributed by atoms with Gasteiger partial charge in [0.2, 0.25) is 17.6 Å². The zero-order chi connectivity index (χ0) is 19.3. The normalized spacial score (nSPS) is 15.5. The van der Waals surface area contributed by atoms with E-state index in [1.54, 1.807) is 0 Å². The summed E-state index contributed by atoms with van der Waals surface area (Å²) in [6.45, 7) is 4.13. The van der Waals surface area contributed by atoms with Gasteiger partial charge in [-0.05, 0) is 50.6 Å². The molecule has 0 atom stereocenters. The Bertz CT molecular complexity index is 930. The van der Waals surface area contributed by atoms with Crippen molar-refractivity contribution in [3.8, 4) is 11.4 Å². The van der Waals surface area contributed by atoms with E-state index in [1.165, 1.54) is 0 Å². The van der Waals surface area contributed by atoms with E-state index in [-0.39, 0.29) is 11.8 Å². The highest BCUT2D eigenvalue weighted by atomic mass is 16.5. The lowest BCUT2D eigenvalue weighted by Crippen LogP contribution is -2.38. The van der Waals surface area contributed by atoms with Gasteiger partial charge in [0.25, 0.3) is 0 Å². The Morgan fingerprint density at radius 2 is 1.82 bits per heavy atom. The van der Waals surface area contributed by atoms with Crippen LogP contribution in [-0.2, 0) is 4.79 Å². The molecule has 144 valence electrons. The molecule has 2 heterocycles. The van der Waals surface area contributed by atoms with Crippen LogP contribution in [0.3, 0.4) is 0 Å². The molecule has 0 spiro atoms. The minimum Gasteiger partial charge on any atom is -0.339 e. The van der Waals surface area contributed by atoms with Crippen molar-refractivity contribution in [2.24, 2.45) is 0 Å². The highest BCUT2D eigenvalue weighted by Gasteiger charge is 2.26. The first-order chi connectivity index (χ1) is 13.7. The van der Waals surface area contributed by atoms with Crippen LogP contribution in [-0.4, -0.2) is 40.6 Å². The quantitative estimate of drug-likeness (QED) is 0.732. The number of carbonyl (C=O) groups is 1. The number of aromatic nitrogens is 2. The number of aryl methyl sites for hydroxylation is 1. The van der Waals surface area contributed by atoms with Crippen molar-refractivity contribution in [2.75, 3.05) is 25.0 Å². The van der Waals surface area contributed by atoms with Gasteiger partial charge in [0.05, 0.1) is 6.54 Å². The standard InChI is InChI=1S/C22H24N4O2/c1-16-7-5-6-10-19(16)21-24-22(28-25-21)17-11-13-26(14-12-17)15-20(27)23-18-8-3-2-4-9-18/h2-10,17H,11-15H2,1H3,(H,23,27). The minimum absolute atomic E-state index is 0.0179. The Kier molecular flexibility index (Phi) is 5.48. The molecule has 0 bridgehead atoms. The van der Waals surface area contributed by atoms with Crippen molar-refractivity contribution in [3.63, 3.8) is 0 Å². The van der Waals surface area contributed by atoms with Gasteiger partial charge in [0, 0.05) is 17.2 Å². The van der Waals surface area contributed by atoms with E-state index in [4.69, 9.17) is 4.52 Å². The van der Waals surface area contributed by atoms with Crippen LogP contribution in [0.5, 0.6) is 0 Å². The molecule has 1 aliphatic heterocycles. The monoisotopic (exact) mass is 376 g/mol. The molecule has 1 aliphatic rings. The Hall–Kier alpha value is -2.99. The second kappa shape index (κ2) is 8.35. The van der Waals surface area contributed by atoms with Crippen molar-refractivity contribution < 1.29 is 9.32 Å². The first-order valence-corrected chi connectivity index (χ1v) is 9.66. The van der Waals surface area contributed by atoms with Crippen LogP contribution in [0.1, 0.15) is 30.2 Å². The predicted molar refractivity (Wildman–Crippen MR) is 108 cm³/mol. The molecule has 0 radical (unpaired) electrons. The zero-order valence-electron chi connectivity index (χ0n) is 16.0. The summed E-state index contributed by atoms with van der Waals surface area (Å²) < 4.78 is 5.55. The maximum absolute atomic E-state index is 12.2. The van der Waals surface area contributed by atoms with Crippen LogP contribution < -0.4 is 5.32 Å². The summed E-state index contributed by atoms with van der Waals surface area (Å²) in [6, 6.07) is 17.6. The van der Waals surface area contributed by atoms with E-state index in [1.807, 2.05) is 61.5 Å². The van der Waals surface area contributed by atoms with E-state index in [2.05, 4.69) is 20.4 Å². The van der Waals surface area contributed by atoms with Gasteiger partial charge in [-0.2, -0.15) is 4.98 Å². The van der Waals surface area contributed by atoms with E-state index in [0.717, 1.165) is 42.7 Å². The number of hydrogen-bond donors (Lipinski definition) is 1. The molecule has 1 fully saturated rings. The third kappa shape index (κ3) is 4.28. The highest BCUT2D eigenvalue weighted by Crippen LogP contribution is 2.29. The van der Waals surface area contributed by atoms with Gasteiger partial charge in [-0.15, -0.1) is 0 Å². The van der Waals surface area contributed by atoms with Crippen molar-refractivity contribution in [1.82, 2.24) is 15.0 Å². The number of nitrogens with one attached hydrogen (secondary N) is 1. The molecule has 0 unspecified atom stereocenters. The van der Waals surface area contributed by atoms with Crippen LogP contribution in [0.25, 0.3) is 11.4 Å². The van der Waals surface area contributed by atoms with Gasteiger partial charge in [0.1, 0.15) is 0 Å². The first-order valence-electron chi connectivity index (χ1n) is 9.66. The van der Waals surface area contributed by atoms with Gasteiger partial charge < -0.3 is 9.84 Å². The second-order valence-corrected chi connectivity index (χ2v) is 7.24. The molecule has 2 aromatic carbocycles. The number of amides is 1. The van der Waals surface area contributed by atoms with Crippen LogP contribution in [0.2, 0.25) is 0 Å². The number of piperidine rings is 1. The summed E-state index contributed by atoms with van der Waals surface area (Å²) >= 11 is 0. The van der Waals surface area contributed by atoms with E-state index >= 15 is 0 Å². The Labute approximate surface area is 164 Å². The van der Waals surface area contributed by atoms with Crippen LogP contribution in [0.15, 0.2) is 59.1 Å². The Morgan fingerprint density at radius 3 is 2.57 bits per heavy atom. The van der Waals surface area contributed by atoms with E-state index < -0.39 is 0 Å². The number of rotatable bonds is 5. The van der Waals surface area contributed by atoms with Crippen molar-refractivity contribution in [2.45, 2.75) is 25.7 Å². The number of likely N-dealkylation sites (tertiary alicyclic amines) is 1. The Morgan fingerprint density at radius 1 is 1.11 bits per heavy atom. The zero-order valence-corrected chi connectivity index (χ0v) is 16.0. The summed E-state index contributed by atoms with van der Waals surface area (Å²) in [6.07, 6.45) is 1.82. The summed E-state index contributed by atoms with van der Waals surface area (Å²) in [5, 5.41) is 7.11. The first kappa shape index (κ1) is 18.4. The number of carbonyl (C=O) groups excluding carboxylic acids is 1. The number of hydrogen-bond acceptors (Lipinski definition) is 5. The fourth-order valence-corrected chi connectivity index (χ4v) is 3.60. The molecule has 1 aromatic heterocycles. The summed E-state index contributed by atoms with van der Waals surface area (Å²) in [4.78, 5) is 19.0. The molecule has 1 amide bonds. The molecule has 3 aromatic rings. The molecule has 28 heavy (non-hydrogen) atoms. The van der Waals surface area contributed by atoms with E-state index in [9.17, 15) is 4.79 Å². The lowest BCUT2D eigenvalue weighted by molar-refractivity contribution is -0.117. The number of para-hydroxylation sites is 1. The van der Waals surface area contributed by atoms with Gasteiger partial charge >= 0.3 is 0 Å². The van der Waals surface area contributed by atoms with Gasteiger partial charge in [-0.3, -0.25) is 9.69 Å². The molecule has 4 rings (SSSR count). The summed E-state index contributed by atoms with van der Waals surface area (Å²) in [5.41, 5.74) is 2.97. The van der Waals surface area contributed by atoms with Gasteiger partial charge in [0.15, 0.2) is 0 Å². The molecule has 0 aliphatic carbocycles. The fraction of sp³-hybridized carbons (Fsp3) is 0.318. The third-order valence-corrected chi connectivity index (χ3v) is 5.19. The number of nitrogens with zero attached hydrogens (tertiary/aromatic N) is 3. The fourth-order valence-electron chi connectivity index (χ4n) is 3.60. The average molecular weight is 376 g/mol. The van der Waals surface area contributed by atoms with E-state index in [0.29, 0.717) is 18.3 Å². The van der Waals surface area contributed by atoms with Gasteiger partial charge in [-0.1, -0.05) is 47.6 Å². The SMILES string of the molecule is Cc1ccccc1-c1noc(C2CCN(CC(=O)Nc3ccccc3)CC2)n1. The smallest absolute Gasteiger partial charge is 0.238 e. The molecule has 6 nitrogen and oxygen atoms in total. The topological polar surface area (TPSA) is 71.3 Å².